The Balaban J connectivity index is 2.70. The third kappa shape index (κ3) is 1.72. The second-order valence-corrected chi connectivity index (χ2v) is 5.45. The number of aliphatic hydroxyl groups is 1. The summed E-state index contributed by atoms with van der Waals surface area (Å²) in [5.41, 5.74) is 2.20. The summed E-state index contributed by atoms with van der Waals surface area (Å²) < 4.78 is 0. The predicted octanol–water partition coefficient (Wildman–Crippen LogP) is 2.79. The fraction of sp³-hybridized carbons (Fsp3) is 0.500. The van der Waals surface area contributed by atoms with Gasteiger partial charge >= 0.3 is 0 Å². The fourth-order valence-corrected chi connectivity index (χ4v) is 2.79. The van der Waals surface area contributed by atoms with Crippen LogP contribution >= 0.6 is 11.3 Å². The SMILES string of the molecule is Cc1sc2ncnc(C(C)C(C)O)c2c1C. The van der Waals surface area contributed by atoms with Crippen molar-refractivity contribution < 1.29 is 5.11 Å². The van der Waals surface area contributed by atoms with Crippen LogP contribution in [-0.4, -0.2) is 21.2 Å². The average Bonchev–Trinajstić information content (AvgIpc) is 2.54. The normalized spacial score (nSPS) is 15.3. The lowest BCUT2D eigenvalue weighted by atomic mass is 9.98. The lowest BCUT2D eigenvalue weighted by Crippen LogP contribution is -2.13. The topological polar surface area (TPSA) is 46.0 Å². The van der Waals surface area contributed by atoms with Crippen LogP contribution in [0.1, 0.15) is 35.9 Å². The molecule has 2 aromatic heterocycles. The van der Waals surface area contributed by atoms with E-state index >= 15 is 0 Å². The van der Waals surface area contributed by atoms with Crippen molar-refractivity contribution in [3.8, 4) is 0 Å². The molecule has 0 amide bonds. The number of thiophene rings is 1. The Kier molecular flexibility index (Phi) is 2.95. The smallest absolute Gasteiger partial charge is 0.127 e. The maximum atomic E-state index is 9.67. The van der Waals surface area contributed by atoms with E-state index in [0.717, 1.165) is 15.9 Å². The molecule has 2 unspecified atom stereocenters. The Bertz CT molecular complexity index is 519. The molecular weight excluding hydrogens is 220 g/mol. The zero-order chi connectivity index (χ0) is 11.9. The molecule has 0 fully saturated rings. The van der Waals surface area contributed by atoms with Gasteiger partial charge in [0.1, 0.15) is 11.2 Å². The highest BCUT2D eigenvalue weighted by molar-refractivity contribution is 7.18. The van der Waals surface area contributed by atoms with Crippen molar-refractivity contribution in [1.29, 1.82) is 0 Å². The standard InChI is InChI=1S/C12H16N2OS/c1-6(8(3)15)11-10-7(2)9(4)16-12(10)14-5-13-11/h5-6,8,15H,1-4H3. The first-order valence-corrected chi connectivity index (χ1v) is 6.22. The van der Waals surface area contributed by atoms with E-state index in [9.17, 15) is 5.11 Å². The van der Waals surface area contributed by atoms with E-state index in [2.05, 4.69) is 23.8 Å². The van der Waals surface area contributed by atoms with E-state index in [1.165, 1.54) is 10.4 Å². The van der Waals surface area contributed by atoms with Crippen molar-refractivity contribution >= 4 is 21.6 Å². The second-order valence-electron chi connectivity index (χ2n) is 4.25. The van der Waals surface area contributed by atoms with Crippen molar-refractivity contribution in [1.82, 2.24) is 9.97 Å². The van der Waals surface area contributed by atoms with Crippen molar-refractivity contribution in [2.75, 3.05) is 0 Å². The van der Waals surface area contributed by atoms with Gasteiger partial charge in [0, 0.05) is 16.2 Å². The van der Waals surface area contributed by atoms with Gasteiger partial charge in [0.05, 0.1) is 11.8 Å². The molecule has 86 valence electrons. The van der Waals surface area contributed by atoms with E-state index < -0.39 is 6.10 Å². The summed E-state index contributed by atoms with van der Waals surface area (Å²) in [5, 5.41) is 10.8. The second kappa shape index (κ2) is 4.11. The van der Waals surface area contributed by atoms with Crippen LogP contribution in [0.4, 0.5) is 0 Å². The monoisotopic (exact) mass is 236 g/mol. The van der Waals surface area contributed by atoms with Crippen LogP contribution in [0.15, 0.2) is 6.33 Å². The third-order valence-electron chi connectivity index (χ3n) is 3.15. The molecule has 0 saturated carbocycles. The molecule has 16 heavy (non-hydrogen) atoms. The summed E-state index contributed by atoms with van der Waals surface area (Å²) in [5.74, 6) is 0.0400. The predicted molar refractivity (Wildman–Crippen MR) is 67.0 cm³/mol. The van der Waals surface area contributed by atoms with Gasteiger partial charge in [-0.3, -0.25) is 0 Å². The number of hydrogen-bond acceptors (Lipinski definition) is 4. The van der Waals surface area contributed by atoms with Gasteiger partial charge in [-0.15, -0.1) is 11.3 Å². The summed E-state index contributed by atoms with van der Waals surface area (Å²) in [4.78, 5) is 10.9. The first kappa shape index (κ1) is 11.5. The Morgan fingerprint density at radius 1 is 1.25 bits per heavy atom. The molecule has 0 aliphatic rings. The highest BCUT2D eigenvalue weighted by atomic mass is 32.1. The van der Waals surface area contributed by atoms with Crippen LogP contribution in [0.5, 0.6) is 0 Å². The molecule has 0 spiro atoms. The van der Waals surface area contributed by atoms with Gasteiger partial charge in [-0.2, -0.15) is 0 Å². The number of rotatable bonds is 2. The minimum absolute atomic E-state index is 0.0400. The third-order valence-corrected chi connectivity index (χ3v) is 4.26. The van der Waals surface area contributed by atoms with E-state index in [-0.39, 0.29) is 5.92 Å². The van der Waals surface area contributed by atoms with Crippen LogP contribution in [0, 0.1) is 13.8 Å². The highest BCUT2D eigenvalue weighted by Crippen LogP contribution is 2.33. The van der Waals surface area contributed by atoms with Gasteiger partial charge in [0.2, 0.25) is 0 Å². The van der Waals surface area contributed by atoms with E-state index in [1.54, 1.807) is 24.6 Å². The Morgan fingerprint density at radius 3 is 2.56 bits per heavy atom. The molecule has 4 heteroatoms. The van der Waals surface area contributed by atoms with E-state index in [4.69, 9.17) is 0 Å². The quantitative estimate of drug-likeness (QED) is 0.872. The molecule has 2 atom stereocenters. The van der Waals surface area contributed by atoms with E-state index in [1.807, 2.05) is 6.92 Å². The maximum absolute atomic E-state index is 9.67. The molecule has 0 bridgehead atoms. The van der Waals surface area contributed by atoms with Crippen molar-refractivity contribution in [3.63, 3.8) is 0 Å². The number of fused-ring (bicyclic) bond motifs is 1. The van der Waals surface area contributed by atoms with Gasteiger partial charge in [-0.05, 0) is 26.3 Å². The number of hydrogen-bond donors (Lipinski definition) is 1. The molecule has 0 saturated heterocycles. The molecular formula is C12H16N2OS. The van der Waals surface area contributed by atoms with Crippen LogP contribution in [0.2, 0.25) is 0 Å². The maximum Gasteiger partial charge on any atom is 0.127 e. The molecule has 1 N–H and O–H groups in total. The lowest BCUT2D eigenvalue weighted by Gasteiger charge is -2.14. The lowest BCUT2D eigenvalue weighted by molar-refractivity contribution is 0.168. The fourth-order valence-electron chi connectivity index (χ4n) is 1.78. The Hall–Kier alpha value is -1.00. The molecule has 2 aromatic rings. The Labute approximate surface area is 99.2 Å². The van der Waals surface area contributed by atoms with Crippen LogP contribution in [-0.2, 0) is 0 Å². The molecule has 0 radical (unpaired) electrons. The first-order valence-electron chi connectivity index (χ1n) is 5.41. The summed E-state index contributed by atoms with van der Waals surface area (Å²) in [6.07, 6.45) is 1.20. The average molecular weight is 236 g/mol. The van der Waals surface area contributed by atoms with Gasteiger partial charge in [0.15, 0.2) is 0 Å². The summed E-state index contributed by atoms with van der Waals surface area (Å²) >= 11 is 1.69. The summed E-state index contributed by atoms with van der Waals surface area (Å²) in [7, 11) is 0. The number of nitrogens with zero attached hydrogens (tertiary/aromatic N) is 2. The molecule has 0 aliphatic carbocycles. The largest absolute Gasteiger partial charge is 0.393 e. The zero-order valence-corrected chi connectivity index (χ0v) is 10.8. The van der Waals surface area contributed by atoms with Gasteiger partial charge in [-0.25, -0.2) is 9.97 Å². The summed E-state index contributed by atoms with van der Waals surface area (Å²) in [6, 6.07) is 0. The van der Waals surface area contributed by atoms with E-state index in [0.29, 0.717) is 0 Å². The van der Waals surface area contributed by atoms with Gasteiger partial charge in [0.25, 0.3) is 0 Å². The van der Waals surface area contributed by atoms with Crippen molar-refractivity contribution in [2.45, 2.75) is 39.7 Å². The molecule has 0 aromatic carbocycles. The molecule has 0 aliphatic heterocycles. The highest BCUT2D eigenvalue weighted by Gasteiger charge is 2.19. The van der Waals surface area contributed by atoms with Crippen molar-refractivity contribution in [3.05, 3.63) is 22.5 Å². The molecule has 2 heterocycles. The molecule has 3 nitrogen and oxygen atoms in total. The minimum Gasteiger partial charge on any atom is -0.393 e. The summed E-state index contributed by atoms with van der Waals surface area (Å²) in [6.45, 7) is 7.99. The van der Waals surface area contributed by atoms with Crippen LogP contribution < -0.4 is 0 Å². The van der Waals surface area contributed by atoms with Crippen LogP contribution in [0.25, 0.3) is 10.2 Å². The Morgan fingerprint density at radius 2 is 1.94 bits per heavy atom. The van der Waals surface area contributed by atoms with Crippen LogP contribution in [0.3, 0.4) is 0 Å². The zero-order valence-electron chi connectivity index (χ0n) is 9.98. The minimum atomic E-state index is -0.391. The van der Waals surface area contributed by atoms with Gasteiger partial charge in [-0.1, -0.05) is 6.92 Å². The first-order chi connectivity index (χ1) is 7.52. The number of aliphatic hydroxyl groups excluding tert-OH is 1. The molecule has 2 rings (SSSR count). The van der Waals surface area contributed by atoms with Crippen molar-refractivity contribution in [2.24, 2.45) is 0 Å². The van der Waals surface area contributed by atoms with Gasteiger partial charge < -0.3 is 5.11 Å². The number of aryl methyl sites for hydroxylation is 2. The number of aromatic nitrogens is 2.